The van der Waals surface area contributed by atoms with Crippen LogP contribution in [-0.4, -0.2) is 0 Å². The van der Waals surface area contributed by atoms with Crippen LogP contribution in [0.25, 0.3) is 0 Å². The smallest absolute Gasteiger partial charge is 0.101 e. The number of halogens is 2. The molecule has 0 aliphatic rings. The number of benzene rings is 1. The Labute approximate surface area is 86.7 Å². The summed E-state index contributed by atoms with van der Waals surface area (Å²) >= 11 is 5.41. The Morgan fingerprint density at radius 3 is 2.73 bits per heavy atom. The summed E-state index contributed by atoms with van der Waals surface area (Å²) in [6.07, 6.45) is 0. The van der Waals surface area contributed by atoms with E-state index in [-0.39, 0.29) is 0 Å². The van der Waals surface area contributed by atoms with E-state index in [2.05, 4.69) is 38.5 Å². The van der Waals surface area contributed by atoms with Crippen molar-refractivity contribution in [1.29, 1.82) is 5.26 Å². The minimum atomic E-state index is 0.526. The van der Waals surface area contributed by atoms with E-state index in [0.29, 0.717) is 11.3 Å². The predicted octanol–water partition coefficient (Wildman–Crippen LogP) is 2.51. The van der Waals surface area contributed by atoms with Crippen molar-refractivity contribution < 1.29 is 0 Å². The maximum atomic E-state index is 8.59. The molecule has 1 aromatic carbocycles. The van der Waals surface area contributed by atoms with Crippen molar-refractivity contribution in [2.24, 2.45) is 0 Å². The molecule has 0 aromatic heterocycles. The topological polar surface area (TPSA) is 49.8 Å². The van der Waals surface area contributed by atoms with Gasteiger partial charge in [-0.3, -0.25) is 0 Å². The maximum absolute atomic E-state index is 8.59. The zero-order chi connectivity index (χ0) is 8.43. The molecule has 0 amide bonds. The molecule has 4 heteroatoms. The van der Waals surface area contributed by atoms with Crippen LogP contribution >= 0.6 is 38.5 Å². The first kappa shape index (κ1) is 8.81. The Balaban J connectivity index is 3.40. The highest BCUT2D eigenvalue weighted by molar-refractivity contribution is 14.1. The van der Waals surface area contributed by atoms with E-state index in [4.69, 9.17) is 11.0 Å². The van der Waals surface area contributed by atoms with Gasteiger partial charge in [0, 0.05) is 4.47 Å². The molecule has 0 saturated heterocycles. The molecular formula is C7H4BrIN2. The first-order chi connectivity index (χ1) is 5.16. The number of nitrogens with zero attached hydrogens (tertiary/aromatic N) is 1. The molecule has 56 valence electrons. The zero-order valence-corrected chi connectivity index (χ0v) is 9.18. The molecule has 0 fully saturated rings. The molecule has 1 rings (SSSR count). The van der Waals surface area contributed by atoms with Gasteiger partial charge in [-0.05, 0) is 50.7 Å². The lowest BCUT2D eigenvalue weighted by molar-refractivity contribution is 1.46. The highest BCUT2D eigenvalue weighted by Gasteiger charge is 2.04. The fourth-order valence-corrected chi connectivity index (χ4v) is 1.48. The maximum Gasteiger partial charge on any atom is 0.101 e. The van der Waals surface area contributed by atoms with E-state index in [9.17, 15) is 0 Å². The Bertz CT molecular complexity index is 330. The minimum Gasteiger partial charge on any atom is -0.397 e. The molecule has 0 bridgehead atoms. The third-order valence-corrected chi connectivity index (χ3v) is 3.82. The zero-order valence-electron chi connectivity index (χ0n) is 5.44. The van der Waals surface area contributed by atoms with Crippen molar-refractivity contribution >= 4 is 44.2 Å². The number of nitrogens with two attached hydrogens (primary N) is 1. The Kier molecular flexibility index (Phi) is 2.73. The van der Waals surface area contributed by atoms with E-state index < -0.39 is 0 Å². The number of nitriles is 1. The second kappa shape index (κ2) is 3.41. The van der Waals surface area contributed by atoms with Crippen LogP contribution in [0.2, 0.25) is 0 Å². The standard InChI is InChI=1S/C7H4BrIN2/c8-5-2-1-4(3-10)7(11)6(5)9/h1-2H,11H2. The van der Waals surface area contributed by atoms with Crippen LogP contribution in [0.1, 0.15) is 5.56 Å². The normalized spacial score (nSPS) is 9.18. The molecule has 11 heavy (non-hydrogen) atoms. The predicted molar refractivity (Wildman–Crippen MR) is 56.0 cm³/mol. The van der Waals surface area contributed by atoms with Gasteiger partial charge in [-0.1, -0.05) is 0 Å². The SMILES string of the molecule is N#Cc1ccc(Br)c(I)c1N. The Morgan fingerprint density at radius 2 is 2.18 bits per heavy atom. The minimum absolute atomic E-state index is 0.526. The summed E-state index contributed by atoms with van der Waals surface area (Å²) in [5.74, 6) is 0. The number of hydrogen-bond donors (Lipinski definition) is 1. The summed E-state index contributed by atoms with van der Waals surface area (Å²) in [5, 5.41) is 8.59. The molecule has 0 unspecified atom stereocenters. The molecule has 0 atom stereocenters. The summed E-state index contributed by atoms with van der Waals surface area (Å²) in [6.45, 7) is 0. The lowest BCUT2D eigenvalue weighted by atomic mass is 10.2. The molecule has 0 aliphatic carbocycles. The molecule has 0 heterocycles. The van der Waals surface area contributed by atoms with Gasteiger partial charge < -0.3 is 5.73 Å². The van der Waals surface area contributed by atoms with E-state index >= 15 is 0 Å². The monoisotopic (exact) mass is 322 g/mol. The molecule has 0 spiro atoms. The third kappa shape index (κ3) is 1.65. The van der Waals surface area contributed by atoms with Crippen molar-refractivity contribution in [3.05, 3.63) is 25.7 Å². The highest BCUT2D eigenvalue weighted by Crippen LogP contribution is 2.26. The number of nitrogen functional groups attached to an aromatic ring is 1. The van der Waals surface area contributed by atoms with Crippen LogP contribution in [0, 0.1) is 14.9 Å². The third-order valence-electron chi connectivity index (χ3n) is 1.25. The molecule has 0 saturated carbocycles. The molecule has 2 nitrogen and oxygen atoms in total. The fraction of sp³-hybridized carbons (Fsp3) is 0. The van der Waals surface area contributed by atoms with Crippen LogP contribution in [0.4, 0.5) is 5.69 Å². The van der Waals surface area contributed by atoms with Crippen molar-refractivity contribution in [2.75, 3.05) is 5.73 Å². The largest absolute Gasteiger partial charge is 0.397 e. The molecule has 2 N–H and O–H groups in total. The van der Waals surface area contributed by atoms with Gasteiger partial charge in [0.05, 0.1) is 14.8 Å². The summed E-state index contributed by atoms with van der Waals surface area (Å²) in [4.78, 5) is 0. The van der Waals surface area contributed by atoms with E-state index in [1.807, 2.05) is 12.1 Å². The summed E-state index contributed by atoms with van der Waals surface area (Å²) in [7, 11) is 0. The second-order valence-electron chi connectivity index (χ2n) is 1.93. The van der Waals surface area contributed by atoms with E-state index in [1.165, 1.54) is 0 Å². The first-order valence-electron chi connectivity index (χ1n) is 2.80. The van der Waals surface area contributed by atoms with Gasteiger partial charge in [-0.15, -0.1) is 0 Å². The number of rotatable bonds is 0. The summed E-state index contributed by atoms with van der Waals surface area (Å²) < 4.78 is 1.82. The highest BCUT2D eigenvalue weighted by atomic mass is 127. The average molecular weight is 323 g/mol. The summed E-state index contributed by atoms with van der Waals surface area (Å²) in [5.41, 5.74) is 6.70. The van der Waals surface area contributed by atoms with Gasteiger partial charge >= 0.3 is 0 Å². The Hall–Kier alpha value is -0.280. The van der Waals surface area contributed by atoms with Gasteiger partial charge in [-0.2, -0.15) is 5.26 Å². The lowest BCUT2D eigenvalue weighted by Gasteiger charge is -2.01. The quantitative estimate of drug-likeness (QED) is 0.589. The van der Waals surface area contributed by atoms with Crippen molar-refractivity contribution in [3.63, 3.8) is 0 Å². The molecular weight excluding hydrogens is 319 g/mol. The molecule has 0 aliphatic heterocycles. The molecule has 1 aromatic rings. The van der Waals surface area contributed by atoms with Gasteiger partial charge in [0.1, 0.15) is 6.07 Å². The van der Waals surface area contributed by atoms with E-state index in [0.717, 1.165) is 8.04 Å². The van der Waals surface area contributed by atoms with Crippen molar-refractivity contribution in [3.8, 4) is 6.07 Å². The average Bonchev–Trinajstić information content (AvgIpc) is 2.01. The van der Waals surface area contributed by atoms with Crippen LogP contribution in [0.5, 0.6) is 0 Å². The summed E-state index contributed by atoms with van der Waals surface area (Å²) in [6, 6.07) is 5.52. The second-order valence-corrected chi connectivity index (χ2v) is 3.87. The van der Waals surface area contributed by atoms with Crippen LogP contribution in [0.3, 0.4) is 0 Å². The number of hydrogen-bond acceptors (Lipinski definition) is 2. The Morgan fingerprint density at radius 1 is 1.55 bits per heavy atom. The number of anilines is 1. The van der Waals surface area contributed by atoms with Gasteiger partial charge in [0.15, 0.2) is 0 Å². The first-order valence-corrected chi connectivity index (χ1v) is 4.67. The van der Waals surface area contributed by atoms with Crippen LogP contribution in [0.15, 0.2) is 16.6 Å². The lowest BCUT2D eigenvalue weighted by Crippen LogP contribution is -1.94. The van der Waals surface area contributed by atoms with Crippen LogP contribution in [-0.2, 0) is 0 Å². The van der Waals surface area contributed by atoms with Crippen molar-refractivity contribution in [1.82, 2.24) is 0 Å². The van der Waals surface area contributed by atoms with Gasteiger partial charge in [0.25, 0.3) is 0 Å². The van der Waals surface area contributed by atoms with E-state index in [1.54, 1.807) is 6.07 Å². The molecule has 0 radical (unpaired) electrons. The van der Waals surface area contributed by atoms with Gasteiger partial charge in [0.2, 0.25) is 0 Å². The van der Waals surface area contributed by atoms with Crippen LogP contribution < -0.4 is 5.73 Å². The van der Waals surface area contributed by atoms with Crippen molar-refractivity contribution in [2.45, 2.75) is 0 Å². The fourth-order valence-electron chi connectivity index (χ4n) is 0.664. The van der Waals surface area contributed by atoms with Gasteiger partial charge in [-0.25, -0.2) is 0 Å².